The molecule has 3 fully saturated rings. The molecule has 3 heterocycles. The number of hydrogen-bond acceptors (Lipinski definition) is 3. The summed E-state index contributed by atoms with van der Waals surface area (Å²) in [6.07, 6.45) is 8.01. The molecule has 0 aliphatic carbocycles. The van der Waals surface area contributed by atoms with Crippen LogP contribution >= 0.6 is 0 Å². The van der Waals surface area contributed by atoms with Crippen LogP contribution in [-0.4, -0.2) is 75.3 Å². The van der Waals surface area contributed by atoms with Crippen LogP contribution in [0.2, 0.25) is 0 Å². The Morgan fingerprint density at radius 1 is 1.14 bits per heavy atom. The van der Waals surface area contributed by atoms with Gasteiger partial charge in [-0.05, 0) is 38.8 Å². The van der Waals surface area contributed by atoms with Crippen LogP contribution in [0.3, 0.4) is 0 Å². The maximum Gasteiger partial charge on any atom is 0.193 e. The van der Waals surface area contributed by atoms with Gasteiger partial charge in [-0.3, -0.25) is 4.99 Å². The Balaban J connectivity index is 1.42. The molecule has 1 N–H and O–H groups in total. The monoisotopic (exact) mass is 308 g/mol. The van der Waals surface area contributed by atoms with Gasteiger partial charge in [-0.15, -0.1) is 0 Å². The first kappa shape index (κ1) is 16.1. The molecule has 1 spiro atoms. The highest BCUT2D eigenvalue weighted by molar-refractivity contribution is 5.80. The van der Waals surface area contributed by atoms with E-state index in [1.165, 1.54) is 51.6 Å². The largest absolute Gasteiger partial charge is 0.381 e. The van der Waals surface area contributed by atoms with Crippen molar-refractivity contribution in [3.63, 3.8) is 0 Å². The lowest BCUT2D eigenvalue weighted by atomic mass is 9.87. The zero-order valence-corrected chi connectivity index (χ0v) is 14.1. The molecule has 1 atom stereocenters. The summed E-state index contributed by atoms with van der Waals surface area (Å²) >= 11 is 0. The van der Waals surface area contributed by atoms with Gasteiger partial charge < -0.3 is 19.9 Å². The van der Waals surface area contributed by atoms with Crippen LogP contribution in [0, 0.1) is 5.41 Å². The van der Waals surface area contributed by atoms with Crippen molar-refractivity contribution in [2.24, 2.45) is 10.4 Å². The van der Waals surface area contributed by atoms with Gasteiger partial charge in [-0.25, -0.2) is 0 Å². The van der Waals surface area contributed by atoms with E-state index in [0.29, 0.717) is 5.41 Å². The van der Waals surface area contributed by atoms with Gasteiger partial charge in [0.15, 0.2) is 5.96 Å². The van der Waals surface area contributed by atoms with Gasteiger partial charge in [-0.2, -0.15) is 0 Å². The zero-order chi connectivity index (χ0) is 15.3. The first-order chi connectivity index (χ1) is 10.8. The number of nitrogens with one attached hydrogen (secondary N) is 1. The predicted molar refractivity (Wildman–Crippen MR) is 90.3 cm³/mol. The highest BCUT2D eigenvalue weighted by Crippen LogP contribution is 2.38. The summed E-state index contributed by atoms with van der Waals surface area (Å²) in [5.74, 6) is 1.08. The fourth-order valence-corrected chi connectivity index (χ4v) is 4.11. The molecule has 5 nitrogen and oxygen atoms in total. The lowest BCUT2D eigenvalue weighted by molar-refractivity contribution is 0.156. The molecule has 5 heteroatoms. The van der Waals surface area contributed by atoms with Crippen molar-refractivity contribution < 1.29 is 4.74 Å². The number of hydrogen-bond donors (Lipinski definition) is 1. The van der Waals surface area contributed by atoms with Crippen LogP contribution in [0.25, 0.3) is 0 Å². The van der Waals surface area contributed by atoms with Gasteiger partial charge in [-0.1, -0.05) is 12.8 Å². The molecule has 0 radical (unpaired) electrons. The van der Waals surface area contributed by atoms with E-state index in [2.05, 4.69) is 20.1 Å². The highest BCUT2D eigenvalue weighted by Gasteiger charge is 2.42. The van der Waals surface area contributed by atoms with Crippen LogP contribution < -0.4 is 5.32 Å². The Bertz CT molecular complexity index is 371. The normalized spacial score (nSPS) is 31.0. The molecule has 126 valence electrons. The van der Waals surface area contributed by atoms with Crippen molar-refractivity contribution in [1.82, 2.24) is 15.1 Å². The van der Waals surface area contributed by atoms with E-state index in [1.54, 1.807) is 0 Å². The Kier molecular flexibility index (Phi) is 5.58. The fraction of sp³-hybridized carbons (Fsp3) is 0.941. The lowest BCUT2D eigenvalue weighted by Gasteiger charge is -2.26. The Labute approximate surface area is 135 Å². The standard InChI is InChI=1S/C17H32N4O/c1-18-16(19-8-12-20-9-4-2-3-5-10-20)21-11-6-17(14-21)7-13-22-15-17/h2-15H2,1H3,(H,18,19). The number of rotatable bonds is 3. The fourth-order valence-electron chi connectivity index (χ4n) is 4.11. The topological polar surface area (TPSA) is 40.1 Å². The van der Waals surface area contributed by atoms with Crippen molar-refractivity contribution in [2.75, 3.05) is 59.5 Å². The minimum atomic E-state index is 0.405. The maximum atomic E-state index is 5.62. The summed E-state index contributed by atoms with van der Waals surface area (Å²) in [6, 6.07) is 0. The molecule has 3 saturated heterocycles. The molecule has 1 unspecified atom stereocenters. The summed E-state index contributed by atoms with van der Waals surface area (Å²) in [7, 11) is 1.91. The lowest BCUT2D eigenvalue weighted by Crippen LogP contribution is -2.44. The van der Waals surface area contributed by atoms with E-state index >= 15 is 0 Å². The first-order valence-electron chi connectivity index (χ1n) is 9.07. The molecule has 0 aromatic heterocycles. The van der Waals surface area contributed by atoms with Crippen molar-refractivity contribution in [1.29, 1.82) is 0 Å². The molecule has 0 amide bonds. The number of aliphatic imine (C=N–C) groups is 1. The van der Waals surface area contributed by atoms with Crippen molar-refractivity contribution in [3.05, 3.63) is 0 Å². The van der Waals surface area contributed by atoms with E-state index in [-0.39, 0.29) is 0 Å². The number of guanidine groups is 1. The molecule has 3 rings (SSSR count). The van der Waals surface area contributed by atoms with Gasteiger partial charge in [0.25, 0.3) is 0 Å². The molecule has 3 aliphatic heterocycles. The van der Waals surface area contributed by atoms with Gasteiger partial charge in [0, 0.05) is 45.2 Å². The summed E-state index contributed by atoms with van der Waals surface area (Å²) in [5, 5.41) is 3.58. The Morgan fingerprint density at radius 3 is 2.64 bits per heavy atom. The predicted octanol–water partition coefficient (Wildman–Crippen LogP) is 1.55. The molecule has 22 heavy (non-hydrogen) atoms. The highest BCUT2D eigenvalue weighted by atomic mass is 16.5. The average Bonchev–Trinajstić information content (AvgIpc) is 3.08. The summed E-state index contributed by atoms with van der Waals surface area (Å²) in [5.41, 5.74) is 0.405. The van der Waals surface area contributed by atoms with Crippen molar-refractivity contribution in [3.8, 4) is 0 Å². The van der Waals surface area contributed by atoms with Crippen LogP contribution in [0.4, 0.5) is 0 Å². The summed E-state index contributed by atoms with van der Waals surface area (Å²) in [6.45, 7) is 8.79. The van der Waals surface area contributed by atoms with Crippen molar-refractivity contribution in [2.45, 2.75) is 38.5 Å². The maximum absolute atomic E-state index is 5.62. The van der Waals surface area contributed by atoms with E-state index in [1.807, 2.05) is 7.05 Å². The first-order valence-corrected chi connectivity index (χ1v) is 9.07. The van der Waals surface area contributed by atoms with E-state index < -0.39 is 0 Å². The molecule has 0 aromatic carbocycles. The molecular weight excluding hydrogens is 276 g/mol. The smallest absolute Gasteiger partial charge is 0.193 e. The van der Waals surface area contributed by atoms with Crippen molar-refractivity contribution >= 4 is 5.96 Å². The number of nitrogens with zero attached hydrogens (tertiary/aromatic N) is 3. The second-order valence-electron chi connectivity index (χ2n) is 7.20. The van der Waals surface area contributed by atoms with Crippen LogP contribution in [0.1, 0.15) is 38.5 Å². The number of likely N-dealkylation sites (tertiary alicyclic amines) is 2. The zero-order valence-electron chi connectivity index (χ0n) is 14.1. The van der Waals surface area contributed by atoms with Gasteiger partial charge in [0.05, 0.1) is 6.61 Å². The minimum absolute atomic E-state index is 0.405. The molecule has 0 aromatic rings. The third-order valence-electron chi connectivity index (χ3n) is 5.54. The minimum Gasteiger partial charge on any atom is -0.381 e. The van der Waals surface area contributed by atoms with E-state index in [9.17, 15) is 0 Å². The van der Waals surface area contributed by atoms with Gasteiger partial charge in [0.1, 0.15) is 0 Å². The molecule has 0 bridgehead atoms. The molecule has 0 saturated carbocycles. The summed E-state index contributed by atoms with van der Waals surface area (Å²) in [4.78, 5) is 9.53. The quantitative estimate of drug-likeness (QED) is 0.634. The third kappa shape index (κ3) is 3.93. The van der Waals surface area contributed by atoms with Crippen LogP contribution in [0.5, 0.6) is 0 Å². The second-order valence-corrected chi connectivity index (χ2v) is 7.20. The molecule has 3 aliphatic rings. The van der Waals surface area contributed by atoms with Gasteiger partial charge >= 0.3 is 0 Å². The Morgan fingerprint density at radius 2 is 1.95 bits per heavy atom. The third-order valence-corrected chi connectivity index (χ3v) is 5.54. The second kappa shape index (κ2) is 7.64. The number of ether oxygens (including phenoxy) is 1. The van der Waals surface area contributed by atoms with Crippen LogP contribution in [0.15, 0.2) is 4.99 Å². The van der Waals surface area contributed by atoms with Gasteiger partial charge in [0.2, 0.25) is 0 Å². The van der Waals surface area contributed by atoms with E-state index in [0.717, 1.165) is 45.4 Å². The van der Waals surface area contributed by atoms with Crippen LogP contribution in [-0.2, 0) is 4.74 Å². The Hall–Kier alpha value is -0.810. The van der Waals surface area contributed by atoms with E-state index in [4.69, 9.17) is 4.74 Å². The average molecular weight is 308 g/mol. The SMILES string of the molecule is CN=C(NCCN1CCCCCC1)N1CCC2(CCOC2)C1. The molecular formula is C17H32N4O. The summed E-state index contributed by atoms with van der Waals surface area (Å²) < 4.78 is 5.62.